The molecular formula is C54H62O13. The average Bonchev–Trinajstić information content (AvgIpc) is 3.70. The number of ether oxygens (including phenoxy) is 12. The lowest BCUT2D eigenvalue weighted by Gasteiger charge is -2.48. The molecule has 4 fully saturated rings. The van der Waals surface area contributed by atoms with Crippen molar-refractivity contribution in [2.45, 2.75) is 140 Å². The molecule has 13 nitrogen and oxygen atoms in total. The Kier molecular flexibility index (Phi) is 16.2. The van der Waals surface area contributed by atoms with E-state index in [0.717, 1.165) is 27.8 Å². The molecule has 1 N–H and O–H groups in total. The second-order valence-electron chi connectivity index (χ2n) is 17.9. The van der Waals surface area contributed by atoms with Crippen LogP contribution in [-0.2, 0) is 89.9 Å². The van der Waals surface area contributed by atoms with E-state index in [1.165, 1.54) is 0 Å². The van der Waals surface area contributed by atoms with E-state index in [2.05, 4.69) is 0 Å². The summed E-state index contributed by atoms with van der Waals surface area (Å²) in [6.07, 6.45) is -10.4. The van der Waals surface area contributed by atoms with Gasteiger partial charge in [0, 0.05) is 0 Å². The van der Waals surface area contributed by atoms with Gasteiger partial charge in [-0.3, -0.25) is 0 Å². The van der Waals surface area contributed by atoms with E-state index < -0.39 is 85.7 Å². The van der Waals surface area contributed by atoms with Crippen LogP contribution < -0.4 is 0 Å². The summed E-state index contributed by atoms with van der Waals surface area (Å²) < 4.78 is 80.1. The number of fused-ring (bicyclic) bond motifs is 1. The molecule has 5 aromatic carbocycles. The molecule has 0 radical (unpaired) electrons. The number of hydrogen-bond acceptors (Lipinski definition) is 13. The van der Waals surface area contributed by atoms with Crippen molar-refractivity contribution in [2.75, 3.05) is 13.2 Å². The standard InChI is InChI=1S/C54H62O13/c1-36-44(47-48(51(55)63-36)67-54(2,3)66-47)64-53-50(60-33-41-27-17-8-18-28-41)46(43(35-62-53)57-30-38-21-11-5-12-22-38)65-52-49(59-32-40-25-15-7-16-26-40)45(58-31-39-23-13-6-14-24-39)42(34-61-52)56-29-37-19-9-4-10-20-37/h4-28,36,42-53,55H,29-35H2,1-3H3/t36-,42-,43-,44+,45?,46?,47?,48?,49?,50?,51-,52+,53+/m1/s1. The summed E-state index contributed by atoms with van der Waals surface area (Å²) in [5.41, 5.74) is 4.90. The molecular weight excluding hydrogens is 857 g/mol. The number of benzene rings is 5. The van der Waals surface area contributed by atoms with E-state index in [9.17, 15) is 5.11 Å². The van der Waals surface area contributed by atoms with Crippen molar-refractivity contribution in [1.82, 2.24) is 0 Å². The minimum Gasteiger partial charge on any atom is -0.368 e. The van der Waals surface area contributed by atoms with Crippen molar-refractivity contribution in [3.05, 3.63) is 179 Å². The van der Waals surface area contributed by atoms with Gasteiger partial charge in [-0.15, -0.1) is 0 Å². The SMILES string of the molecule is C[C@H]1O[C@@H](O)C2OC(C)(C)OC2[C@H]1O[C@@H]1OC[C@@H](OCc2ccccc2)C(O[C@@H]2OC[C@@H](OCc3ccccc3)C(OCc3ccccc3)C2OCc2ccccc2)C1OCc1ccccc1. The van der Waals surface area contributed by atoms with Crippen LogP contribution in [0.3, 0.4) is 0 Å². The van der Waals surface area contributed by atoms with Crippen LogP contribution in [0.2, 0.25) is 0 Å². The number of rotatable bonds is 19. The lowest BCUT2D eigenvalue weighted by Crippen LogP contribution is -2.64. The Balaban J connectivity index is 1.05. The van der Waals surface area contributed by atoms with Crippen molar-refractivity contribution in [3.8, 4) is 0 Å². The third kappa shape index (κ3) is 12.4. The van der Waals surface area contributed by atoms with Gasteiger partial charge in [-0.05, 0) is 48.6 Å². The van der Waals surface area contributed by atoms with Crippen LogP contribution in [0.25, 0.3) is 0 Å². The van der Waals surface area contributed by atoms with Crippen LogP contribution in [0, 0.1) is 0 Å². The van der Waals surface area contributed by atoms with E-state index in [0.29, 0.717) is 13.2 Å². The lowest BCUT2D eigenvalue weighted by atomic mass is 9.98. The van der Waals surface area contributed by atoms with E-state index >= 15 is 0 Å². The molecule has 6 unspecified atom stereocenters. The van der Waals surface area contributed by atoms with Gasteiger partial charge in [0.1, 0.15) is 54.9 Å². The molecule has 356 valence electrons. The van der Waals surface area contributed by atoms with Crippen LogP contribution in [-0.4, -0.2) is 104 Å². The predicted octanol–water partition coefficient (Wildman–Crippen LogP) is 7.65. The van der Waals surface area contributed by atoms with Crippen molar-refractivity contribution in [3.63, 3.8) is 0 Å². The van der Waals surface area contributed by atoms with Gasteiger partial charge in [-0.2, -0.15) is 0 Å². The first-order valence-corrected chi connectivity index (χ1v) is 23.3. The third-order valence-electron chi connectivity index (χ3n) is 12.4. The summed E-state index contributed by atoms with van der Waals surface area (Å²) in [4.78, 5) is 0. The van der Waals surface area contributed by atoms with Gasteiger partial charge in [-0.25, -0.2) is 0 Å². The molecule has 4 aliphatic rings. The van der Waals surface area contributed by atoms with E-state index in [1.807, 2.05) is 159 Å². The predicted molar refractivity (Wildman–Crippen MR) is 245 cm³/mol. The first kappa shape index (κ1) is 47.6. The highest BCUT2D eigenvalue weighted by molar-refractivity contribution is 5.17. The molecule has 0 aliphatic carbocycles. The maximum atomic E-state index is 10.9. The summed E-state index contributed by atoms with van der Waals surface area (Å²) in [6, 6.07) is 49.9. The minimum atomic E-state index is -1.21. The van der Waals surface area contributed by atoms with Gasteiger partial charge in [0.25, 0.3) is 0 Å². The van der Waals surface area contributed by atoms with Crippen LogP contribution in [0.1, 0.15) is 48.6 Å². The number of aliphatic hydroxyl groups is 1. The highest BCUT2D eigenvalue weighted by atomic mass is 16.8. The van der Waals surface area contributed by atoms with Gasteiger partial charge in [-0.1, -0.05) is 152 Å². The summed E-state index contributed by atoms with van der Waals surface area (Å²) in [5, 5.41) is 10.9. The van der Waals surface area contributed by atoms with Crippen molar-refractivity contribution in [2.24, 2.45) is 0 Å². The molecule has 0 bridgehead atoms. The molecule has 4 saturated heterocycles. The fourth-order valence-electron chi connectivity index (χ4n) is 9.01. The second kappa shape index (κ2) is 22.8. The first-order chi connectivity index (χ1) is 32.8. The molecule has 0 amide bonds. The molecule has 0 spiro atoms. The smallest absolute Gasteiger partial charge is 0.187 e. The largest absolute Gasteiger partial charge is 0.368 e. The van der Waals surface area contributed by atoms with Crippen LogP contribution in [0.15, 0.2) is 152 Å². The van der Waals surface area contributed by atoms with Crippen LogP contribution >= 0.6 is 0 Å². The molecule has 13 atom stereocenters. The Labute approximate surface area is 393 Å². The van der Waals surface area contributed by atoms with Gasteiger partial charge in [0.05, 0.1) is 52.4 Å². The lowest BCUT2D eigenvalue weighted by molar-refractivity contribution is -0.367. The van der Waals surface area contributed by atoms with Crippen molar-refractivity contribution >= 4 is 0 Å². The maximum absolute atomic E-state index is 10.9. The molecule has 67 heavy (non-hydrogen) atoms. The summed E-state index contributed by atoms with van der Waals surface area (Å²) in [5.74, 6) is -0.987. The number of aliphatic hydroxyl groups excluding tert-OH is 1. The van der Waals surface area contributed by atoms with E-state index in [-0.39, 0.29) is 33.0 Å². The maximum Gasteiger partial charge on any atom is 0.187 e. The van der Waals surface area contributed by atoms with E-state index in [4.69, 9.17) is 56.8 Å². The van der Waals surface area contributed by atoms with Gasteiger partial charge in [0.15, 0.2) is 24.7 Å². The fraction of sp³-hybridized carbons (Fsp3) is 0.444. The first-order valence-electron chi connectivity index (χ1n) is 23.3. The highest BCUT2D eigenvalue weighted by Gasteiger charge is 2.57. The molecule has 9 rings (SSSR count). The average molecular weight is 919 g/mol. The minimum absolute atomic E-state index is 0.0773. The Morgan fingerprint density at radius 2 is 0.791 bits per heavy atom. The summed E-state index contributed by atoms with van der Waals surface area (Å²) >= 11 is 0. The Morgan fingerprint density at radius 1 is 0.448 bits per heavy atom. The quantitative estimate of drug-likeness (QED) is 0.0872. The van der Waals surface area contributed by atoms with Crippen LogP contribution in [0.4, 0.5) is 0 Å². The molecule has 4 aliphatic heterocycles. The molecule has 4 heterocycles. The Bertz CT molecular complexity index is 2200. The van der Waals surface area contributed by atoms with E-state index in [1.54, 1.807) is 13.8 Å². The topological polar surface area (TPSA) is 131 Å². The Morgan fingerprint density at radius 3 is 1.22 bits per heavy atom. The third-order valence-corrected chi connectivity index (χ3v) is 12.4. The molecule has 5 aromatic rings. The fourth-order valence-corrected chi connectivity index (χ4v) is 9.01. The molecule has 0 saturated carbocycles. The monoisotopic (exact) mass is 918 g/mol. The van der Waals surface area contributed by atoms with Gasteiger partial charge < -0.3 is 61.9 Å². The zero-order valence-corrected chi connectivity index (χ0v) is 38.2. The second-order valence-corrected chi connectivity index (χ2v) is 17.9. The van der Waals surface area contributed by atoms with Crippen LogP contribution in [0.5, 0.6) is 0 Å². The number of hydrogen-bond donors (Lipinski definition) is 1. The Hall–Kier alpha value is -4.42. The van der Waals surface area contributed by atoms with Gasteiger partial charge >= 0.3 is 0 Å². The van der Waals surface area contributed by atoms with Crippen molar-refractivity contribution in [1.29, 1.82) is 0 Å². The highest BCUT2D eigenvalue weighted by Crippen LogP contribution is 2.40. The normalized spacial score (nSPS) is 31.6. The molecule has 13 heteroatoms. The van der Waals surface area contributed by atoms with Crippen molar-refractivity contribution < 1.29 is 61.9 Å². The van der Waals surface area contributed by atoms with Gasteiger partial charge in [0.2, 0.25) is 0 Å². The summed E-state index contributed by atoms with van der Waals surface area (Å²) in [6.45, 7) is 7.02. The zero-order valence-electron chi connectivity index (χ0n) is 38.2. The molecule has 0 aromatic heterocycles. The zero-order chi connectivity index (χ0) is 46.0. The summed E-state index contributed by atoms with van der Waals surface area (Å²) in [7, 11) is 0.